The maximum atomic E-state index is 13.5. The zero-order chi connectivity index (χ0) is 21.4. The molecule has 0 spiro atoms. The van der Waals surface area contributed by atoms with Crippen LogP contribution in [0.25, 0.3) is 33.1 Å². The summed E-state index contributed by atoms with van der Waals surface area (Å²) in [6.45, 7) is 4.70. The van der Waals surface area contributed by atoms with Crippen molar-refractivity contribution in [3.05, 3.63) is 57.6 Å². The van der Waals surface area contributed by atoms with Crippen molar-refractivity contribution in [2.24, 2.45) is 0 Å². The van der Waals surface area contributed by atoms with Gasteiger partial charge >= 0.3 is 0 Å². The second-order valence-electron chi connectivity index (χ2n) is 6.81. The van der Waals surface area contributed by atoms with E-state index in [2.05, 4.69) is 15.3 Å². The van der Waals surface area contributed by atoms with Gasteiger partial charge in [0.2, 0.25) is 0 Å². The molecule has 1 amide bonds. The average Bonchev–Trinajstić information content (AvgIpc) is 3.23. The number of hydrogen-bond acceptors (Lipinski definition) is 4. The van der Waals surface area contributed by atoms with E-state index in [4.69, 9.17) is 16.3 Å². The Morgan fingerprint density at radius 1 is 1.27 bits per heavy atom. The summed E-state index contributed by atoms with van der Waals surface area (Å²) in [6.07, 6.45) is 3.52. The first-order valence-corrected chi connectivity index (χ1v) is 10.0. The molecule has 7 nitrogen and oxygen atoms in total. The third-order valence-corrected chi connectivity index (χ3v) is 5.49. The van der Waals surface area contributed by atoms with Gasteiger partial charge in [-0.05, 0) is 38.1 Å². The fourth-order valence-corrected chi connectivity index (χ4v) is 4.00. The molecule has 0 radical (unpaired) electrons. The molecule has 8 heteroatoms. The number of nitrogens with one attached hydrogen (secondary N) is 2. The number of pyridine rings is 2. The molecule has 2 N–H and O–H groups in total. The van der Waals surface area contributed by atoms with Crippen LogP contribution in [0, 0.1) is 0 Å². The van der Waals surface area contributed by atoms with Crippen molar-refractivity contribution in [1.29, 1.82) is 0 Å². The van der Waals surface area contributed by atoms with Crippen LogP contribution in [-0.4, -0.2) is 34.1 Å². The van der Waals surface area contributed by atoms with Crippen LogP contribution in [0.4, 0.5) is 0 Å². The smallest absolute Gasteiger partial charge is 0.258 e. The van der Waals surface area contributed by atoms with E-state index in [9.17, 15) is 9.59 Å². The number of H-pyrrole nitrogens is 1. The van der Waals surface area contributed by atoms with Gasteiger partial charge in [-0.25, -0.2) is 4.98 Å². The minimum absolute atomic E-state index is 0.198. The molecule has 4 rings (SSSR count). The fourth-order valence-electron chi connectivity index (χ4n) is 3.71. The van der Waals surface area contributed by atoms with E-state index in [-0.39, 0.29) is 16.5 Å². The van der Waals surface area contributed by atoms with Crippen LogP contribution in [0.1, 0.15) is 24.2 Å². The normalized spacial score (nSPS) is 11.2. The summed E-state index contributed by atoms with van der Waals surface area (Å²) < 4.78 is 7.07. The Morgan fingerprint density at radius 2 is 2.07 bits per heavy atom. The first-order chi connectivity index (χ1) is 14.5. The average molecular weight is 425 g/mol. The molecule has 0 aliphatic heterocycles. The SMILES string of the molecule is CCNC(=O)c1cc(OC)c(Cl)c(-c2cc3cnc4[nH]ccc4c3n(CC)c2=O)c1. The predicted molar refractivity (Wildman–Crippen MR) is 119 cm³/mol. The van der Waals surface area contributed by atoms with E-state index in [1.54, 1.807) is 35.2 Å². The Bertz CT molecular complexity index is 1340. The summed E-state index contributed by atoms with van der Waals surface area (Å²) in [7, 11) is 1.48. The monoisotopic (exact) mass is 424 g/mol. The number of carbonyl (C=O) groups is 1. The van der Waals surface area contributed by atoms with Crippen molar-refractivity contribution < 1.29 is 9.53 Å². The van der Waals surface area contributed by atoms with Crippen LogP contribution in [0.2, 0.25) is 5.02 Å². The highest BCUT2D eigenvalue weighted by Crippen LogP contribution is 2.37. The van der Waals surface area contributed by atoms with E-state index < -0.39 is 0 Å². The van der Waals surface area contributed by atoms with Crippen LogP contribution in [0.5, 0.6) is 5.75 Å². The number of aromatic amines is 1. The highest BCUT2D eigenvalue weighted by molar-refractivity contribution is 6.35. The predicted octanol–water partition coefficient (Wildman–Crippen LogP) is 3.98. The van der Waals surface area contributed by atoms with Gasteiger partial charge in [0, 0.05) is 52.9 Å². The van der Waals surface area contributed by atoms with Gasteiger partial charge in [0.05, 0.1) is 17.6 Å². The van der Waals surface area contributed by atoms with Crippen molar-refractivity contribution in [2.45, 2.75) is 20.4 Å². The van der Waals surface area contributed by atoms with Crippen LogP contribution in [0.15, 0.2) is 41.5 Å². The first kappa shape index (κ1) is 20.0. The molecule has 0 bridgehead atoms. The lowest BCUT2D eigenvalue weighted by Crippen LogP contribution is -2.24. The Hall–Kier alpha value is -3.32. The number of hydrogen-bond donors (Lipinski definition) is 2. The minimum atomic E-state index is -0.263. The van der Waals surface area contributed by atoms with Crippen LogP contribution >= 0.6 is 11.6 Å². The van der Waals surface area contributed by atoms with E-state index in [1.807, 2.05) is 19.9 Å². The van der Waals surface area contributed by atoms with Crippen molar-refractivity contribution in [3.63, 3.8) is 0 Å². The van der Waals surface area contributed by atoms with E-state index >= 15 is 0 Å². The van der Waals surface area contributed by atoms with Crippen molar-refractivity contribution in [2.75, 3.05) is 13.7 Å². The third kappa shape index (κ3) is 3.11. The molecule has 0 saturated heterocycles. The van der Waals surface area contributed by atoms with Crippen LogP contribution in [-0.2, 0) is 6.54 Å². The van der Waals surface area contributed by atoms with Gasteiger partial charge in [0.25, 0.3) is 11.5 Å². The third-order valence-electron chi connectivity index (χ3n) is 5.10. The largest absolute Gasteiger partial charge is 0.495 e. The molecule has 0 atom stereocenters. The Labute approximate surface area is 177 Å². The number of rotatable bonds is 5. The second-order valence-corrected chi connectivity index (χ2v) is 7.19. The number of benzene rings is 1. The van der Waals surface area contributed by atoms with Crippen LogP contribution in [0.3, 0.4) is 0 Å². The highest BCUT2D eigenvalue weighted by Gasteiger charge is 2.20. The molecule has 0 saturated carbocycles. The van der Waals surface area contributed by atoms with Crippen molar-refractivity contribution in [3.8, 4) is 16.9 Å². The molecule has 0 aliphatic carbocycles. The molecular weight excluding hydrogens is 404 g/mol. The quantitative estimate of drug-likeness (QED) is 0.507. The van der Waals surface area contributed by atoms with Gasteiger partial charge in [-0.1, -0.05) is 11.6 Å². The summed E-state index contributed by atoms with van der Waals surface area (Å²) in [6, 6.07) is 6.87. The lowest BCUT2D eigenvalue weighted by molar-refractivity contribution is 0.0955. The lowest BCUT2D eigenvalue weighted by atomic mass is 10.0. The minimum Gasteiger partial charge on any atom is -0.495 e. The Balaban J connectivity index is 2.05. The number of nitrogens with zero attached hydrogens (tertiary/aromatic N) is 2. The van der Waals surface area contributed by atoms with Crippen molar-refractivity contribution in [1.82, 2.24) is 19.9 Å². The Morgan fingerprint density at radius 3 is 2.77 bits per heavy atom. The topological polar surface area (TPSA) is 89.0 Å². The van der Waals surface area contributed by atoms with Gasteiger partial charge in [-0.15, -0.1) is 0 Å². The summed E-state index contributed by atoms with van der Waals surface area (Å²) in [5.41, 5.74) is 2.52. The number of halogens is 1. The van der Waals surface area contributed by atoms with Gasteiger partial charge in [0.15, 0.2) is 0 Å². The van der Waals surface area contributed by atoms with Gasteiger partial charge in [0.1, 0.15) is 11.4 Å². The van der Waals surface area contributed by atoms with E-state index in [1.165, 1.54) is 7.11 Å². The maximum absolute atomic E-state index is 13.5. The molecular formula is C22H21ClN4O3. The Kier molecular flexibility index (Phi) is 5.22. The molecule has 0 fully saturated rings. The number of aromatic nitrogens is 3. The number of amides is 1. The van der Waals surface area contributed by atoms with Crippen molar-refractivity contribution >= 4 is 39.4 Å². The van der Waals surface area contributed by atoms with E-state index in [0.29, 0.717) is 35.5 Å². The number of fused-ring (bicyclic) bond motifs is 3. The number of ether oxygens (including phenoxy) is 1. The fraction of sp³-hybridized carbons (Fsp3) is 0.227. The molecule has 154 valence electrons. The maximum Gasteiger partial charge on any atom is 0.258 e. The summed E-state index contributed by atoms with van der Waals surface area (Å²) in [5, 5.41) is 4.71. The number of aryl methyl sites for hydroxylation is 1. The number of carbonyl (C=O) groups excluding carboxylic acids is 1. The zero-order valence-electron chi connectivity index (χ0n) is 16.9. The van der Waals surface area contributed by atoms with E-state index in [0.717, 1.165) is 21.9 Å². The van der Waals surface area contributed by atoms with Gasteiger partial charge < -0.3 is 19.6 Å². The second kappa shape index (κ2) is 7.84. The molecule has 3 heterocycles. The van der Waals surface area contributed by atoms with Gasteiger partial charge in [-0.2, -0.15) is 0 Å². The highest BCUT2D eigenvalue weighted by atomic mass is 35.5. The molecule has 3 aromatic heterocycles. The van der Waals surface area contributed by atoms with Crippen LogP contribution < -0.4 is 15.6 Å². The molecule has 0 unspecified atom stereocenters. The molecule has 0 aliphatic rings. The summed E-state index contributed by atoms with van der Waals surface area (Å²) >= 11 is 6.57. The molecule has 1 aromatic carbocycles. The summed E-state index contributed by atoms with van der Waals surface area (Å²) in [4.78, 5) is 33.4. The standard InChI is InChI=1S/C22H21ClN4O3/c1-4-24-21(28)12-8-15(18(23)17(10-12)30-3)16-9-13-11-26-20-14(6-7-25-20)19(13)27(5-2)22(16)29/h6-11H,4-5H2,1-3H3,(H,24,28)(H,25,26). The lowest BCUT2D eigenvalue weighted by Gasteiger charge is -2.15. The number of methoxy groups -OCH3 is 1. The van der Waals surface area contributed by atoms with Gasteiger partial charge in [-0.3, -0.25) is 9.59 Å². The first-order valence-electron chi connectivity index (χ1n) is 9.65. The summed E-state index contributed by atoms with van der Waals surface area (Å²) in [5.74, 6) is 0.0678. The molecule has 4 aromatic rings. The zero-order valence-corrected chi connectivity index (χ0v) is 17.6. The molecule has 30 heavy (non-hydrogen) atoms.